The van der Waals surface area contributed by atoms with Crippen LogP contribution in [0.15, 0.2) is 0 Å². The van der Waals surface area contributed by atoms with Gasteiger partial charge in [-0.3, -0.25) is 9.59 Å². The van der Waals surface area contributed by atoms with Crippen molar-refractivity contribution < 1.29 is 9.59 Å². The van der Waals surface area contributed by atoms with Crippen LogP contribution < -0.4 is 0 Å². The number of rotatable bonds is 0. The molecule has 2 aliphatic carbocycles. The molecule has 0 aromatic rings. The van der Waals surface area contributed by atoms with Gasteiger partial charge < -0.3 is 0 Å². The van der Waals surface area contributed by atoms with Crippen LogP contribution in [0.5, 0.6) is 0 Å². The molecule has 0 aliphatic heterocycles. The Morgan fingerprint density at radius 3 is 2.50 bits per heavy atom. The highest BCUT2D eigenvalue weighted by Gasteiger charge is 2.52. The van der Waals surface area contributed by atoms with E-state index >= 15 is 0 Å². The summed E-state index contributed by atoms with van der Waals surface area (Å²) in [5, 5.41) is 0. The van der Waals surface area contributed by atoms with E-state index in [2.05, 4.69) is 0 Å². The van der Waals surface area contributed by atoms with Crippen molar-refractivity contribution in [1.29, 1.82) is 0 Å². The number of hydrogen-bond acceptors (Lipinski definition) is 2. The van der Waals surface area contributed by atoms with Crippen molar-refractivity contribution in [2.75, 3.05) is 0 Å². The normalized spacial score (nSPS) is 41.6. The molecule has 0 unspecified atom stereocenters. The van der Waals surface area contributed by atoms with Gasteiger partial charge in [0.25, 0.3) is 0 Å². The fraction of sp³-hybridized carbons (Fsp3) is 0.800. The summed E-state index contributed by atoms with van der Waals surface area (Å²) < 4.78 is 0. The van der Waals surface area contributed by atoms with Crippen molar-refractivity contribution in [1.82, 2.24) is 0 Å². The Balaban J connectivity index is 2.36. The lowest BCUT2D eigenvalue weighted by Crippen LogP contribution is -2.40. The quantitative estimate of drug-likeness (QED) is 0.513. The van der Waals surface area contributed by atoms with Gasteiger partial charge in [0.1, 0.15) is 11.6 Å². The molecule has 0 radical (unpaired) electrons. The molecule has 2 rings (SSSR count). The van der Waals surface area contributed by atoms with E-state index in [1.54, 1.807) is 0 Å². The van der Waals surface area contributed by atoms with Crippen LogP contribution in [0.25, 0.3) is 0 Å². The third-order valence-electron chi connectivity index (χ3n) is 3.65. The molecule has 0 spiro atoms. The van der Waals surface area contributed by atoms with Crippen LogP contribution in [-0.4, -0.2) is 11.6 Å². The zero-order valence-corrected chi connectivity index (χ0v) is 7.43. The summed E-state index contributed by atoms with van der Waals surface area (Å²) >= 11 is 0. The third kappa shape index (κ3) is 0.809. The first kappa shape index (κ1) is 7.96. The maximum Gasteiger partial charge on any atom is 0.146 e. The van der Waals surface area contributed by atoms with Gasteiger partial charge in [-0.25, -0.2) is 0 Å². The van der Waals surface area contributed by atoms with Gasteiger partial charge >= 0.3 is 0 Å². The van der Waals surface area contributed by atoms with E-state index in [1.165, 1.54) is 0 Å². The van der Waals surface area contributed by atoms with E-state index in [4.69, 9.17) is 0 Å². The molecule has 2 nitrogen and oxygen atoms in total. The highest BCUT2D eigenvalue weighted by atomic mass is 16.2. The van der Waals surface area contributed by atoms with Crippen LogP contribution in [-0.2, 0) is 9.59 Å². The molecule has 12 heavy (non-hydrogen) atoms. The topological polar surface area (TPSA) is 34.1 Å². The van der Waals surface area contributed by atoms with Gasteiger partial charge in [0, 0.05) is 12.8 Å². The van der Waals surface area contributed by atoms with Gasteiger partial charge in [0.2, 0.25) is 0 Å². The highest BCUT2D eigenvalue weighted by molar-refractivity contribution is 6.08. The standard InChI is InChI=1S/C10H14O2/c1-10-7(5-6-9(10)12)3-2-4-8(10)11/h7H,2-6H2,1H3/t7-,10+/m0/s1. The monoisotopic (exact) mass is 166 g/mol. The van der Waals surface area contributed by atoms with Crippen LogP contribution in [0.2, 0.25) is 0 Å². The zero-order chi connectivity index (χ0) is 8.77. The SMILES string of the molecule is C[C@]12C(=O)CCC[C@H]1CCC2=O. The number of carbonyl (C=O) groups excluding carboxylic acids is 2. The van der Waals surface area contributed by atoms with E-state index in [9.17, 15) is 9.59 Å². The van der Waals surface area contributed by atoms with Crippen molar-refractivity contribution >= 4 is 11.6 Å². The minimum Gasteiger partial charge on any atom is -0.299 e. The largest absolute Gasteiger partial charge is 0.299 e. The number of ketones is 2. The van der Waals surface area contributed by atoms with Gasteiger partial charge in [-0.05, 0) is 32.1 Å². The number of hydrogen-bond donors (Lipinski definition) is 0. The Hall–Kier alpha value is -0.660. The summed E-state index contributed by atoms with van der Waals surface area (Å²) in [7, 11) is 0. The smallest absolute Gasteiger partial charge is 0.146 e. The van der Waals surface area contributed by atoms with E-state index < -0.39 is 5.41 Å². The molecule has 66 valence electrons. The maximum atomic E-state index is 11.6. The van der Waals surface area contributed by atoms with Crippen molar-refractivity contribution in [3.05, 3.63) is 0 Å². The second-order valence-corrected chi connectivity index (χ2v) is 4.18. The highest BCUT2D eigenvalue weighted by Crippen LogP contribution is 2.47. The summed E-state index contributed by atoms with van der Waals surface area (Å²) in [6.07, 6.45) is 4.27. The van der Waals surface area contributed by atoms with Crippen molar-refractivity contribution in [3.63, 3.8) is 0 Å². The summed E-state index contributed by atoms with van der Waals surface area (Å²) in [6, 6.07) is 0. The maximum absolute atomic E-state index is 11.6. The summed E-state index contributed by atoms with van der Waals surface area (Å²) in [6.45, 7) is 1.86. The Labute approximate surface area is 72.3 Å². The number of fused-ring (bicyclic) bond motifs is 1. The van der Waals surface area contributed by atoms with Gasteiger partial charge in [-0.1, -0.05) is 0 Å². The molecule has 2 fully saturated rings. The van der Waals surface area contributed by atoms with E-state index in [-0.39, 0.29) is 11.6 Å². The lowest BCUT2D eigenvalue weighted by Gasteiger charge is -2.32. The molecule has 0 heterocycles. The Morgan fingerprint density at radius 1 is 1.17 bits per heavy atom. The second kappa shape index (κ2) is 2.41. The molecule has 0 amide bonds. The summed E-state index contributed by atoms with van der Waals surface area (Å²) in [5.74, 6) is 0.754. The molecular weight excluding hydrogens is 152 g/mol. The van der Waals surface area contributed by atoms with Crippen molar-refractivity contribution in [3.8, 4) is 0 Å². The number of Topliss-reactive ketones (excluding diaryl/α,β-unsaturated/α-hetero) is 2. The minimum absolute atomic E-state index is 0.192. The first-order valence-electron chi connectivity index (χ1n) is 4.72. The van der Waals surface area contributed by atoms with Crippen LogP contribution in [0.3, 0.4) is 0 Å². The predicted molar refractivity (Wildman–Crippen MR) is 44.7 cm³/mol. The van der Waals surface area contributed by atoms with E-state index in [1.807, 2.05) is 6.92 Å². The molecule has 0 aromatic carbocycles. The van der Waals surface area contributed by atoms with E-state index in [0.29, 0.717) is 18.8 Å². The van der Waals surface area contributed by atoms with E-state index in [0.717, 1.165) is 19.3 Å². The zero-order valence-electron chi connectivity index (χ0n) is 7.43. The Bertz CT molecular complexity index is 244. The molecule has 2 atom stereocenters. The average Bonchev–Trinajstić information content (AvgIpc) is 2.33. The predicted octanol–water partition coefficient (Wildman–Crippen LogP) is 1.72. The van der Waals surface area contributed by atoms with Crippen LogP contribution >= 0.6 is 0 Å². The van der Waals surface area contributed by atoms with Gasteiger partial charge in [-0.2, -0.15) is 0 Å². The fourth-order valence-electron chi connectivity index (χ4n) is 2.67. The number of carbonyl (C=O) groups is 2. The summed E-state index contributed by atoms with van der Waals surface area (Å²) in [5.41, 5.74) is -0.571. The first-order chi connectivity index (χ1) is 5.65. The molecular formula is C10H14O2. The Kier molecular flexibility index (Phi) is 1.60. The molecule has 0 aromatic heterocycles. The third-order valence-corrected chi connectivity index (χ3v) is 3.65. The van der Waals surface area contributed by atoms with Crippen LogP contribution in [0, 0.1) is 11.3 Å². The second-order valence-electron chi connectivity index (χ2n) is 4.18. The minimum atomic E-state index is -0.571. The molecule has 0 N–H and O–H groups in total. The van der Waals surface area contributed by atoms with Gasteiger partial charge in [0.05, 0.1) is 5.41 Å². The van der Waals surface area contributed by atoms with Crippen molar-refractivity contribution in [2.24, 2.45) is 11.3 Å². The van der Waals surface area contributed by atoms with Crippen LogP contribution in [0.4, 0.5) is 0 Å². The van der Waals surface area contributed by atoms with Gasteiger partial charge in [-0.15, -0.1) is 0 Å². The Morgan fingerprint density at radius 2 is 1.83 bits per heavy atom. The molecule has 0 bridgehead atoms. The van der Waals surface area contributed by atoms with Crippen molar-refractivity contribution in [2.45, 2.75) is 39.0 Å². The molecule has 2 heteroatoms. The molecule has 2 saturated carbocycles. The molecule has 2 aliphatic rings. The fourth-order valence-corrected chi connectivity index (χ4v) is 2.67. The lowest BCUT2D eigenvalue weighted by atomic mass is 9.68. The average molecular weight is 166 g/mol. The first-order valence-corrected chi connectivity index (χ1v) is 4.72. The van der Waals surface area contributed by atoms with Crippen LogP contribution in [0.1, 0.15) is 39.0 Å². The van der Waals surface area contributed by atoms with Gasteiger partial charge in [0.15, 0.2) is 0 Å². The lowest BCUT2D eigenvalue weighted by molar-refractivity contribution is -0.141. The molecule has 0 saturated heterocycles. The summed E-state index contributed by atoms with van der Waals surface area (Å²) in [4.78, 5) is 23.1.